The van der Waals surface area contributed by atoms with Gasteiger partial charge in [-0.2, -0.15) is 0 Å². The van der Waals surface area contributed by atoms with Crippen molar-refractivity contribution in [3.8, 4) is 11.5 Å². The predicted molar refractivity (Wildman–Crippen MR) is 81.3 cm³/mol. The van der Waals surface area contributed by atoms with Gasteiger partial charge >= 0.3 is 0 Å². The smallest absolute Gasteiger partial charge is 0.269 e. The zero-order chi connectivity index (χ0) is 15.1. The molecule has 2 bridgehead atoms. The number of nitrogens with one attached hydrogen (secondary N) is 2. The Labute approximate surface area is 129 Å². The van der Waals surface area contributed by atoms with E-state index in [9.17, 15) is 4.79 Å². The van der Waals surface area contributed by atoms with E-state index in [4.69, 9.17) is 9.47 Å². The number of hydrazine groups is 1. The van der Waals surface area contributed by atoms with E-state index in [2.05, 4.69) is 17.8 Å². The summed E-state index contributed by atoms with van der Waals surface area (Å²) in [6.45, 7) is 2.27. The average molecular weight is 300 g/mol. The molecule has 0 radical (unpaired) electrons. The third kappa shape index (κ3) is 2.30. The van der Waals surface area contributed by atoms with Gasteiger partial charge in [0.25, 0.3) is 5.91 Å². The molecule has 1 aromatic rings. The summed E-state index contributed by atoms with van der Waals surface area (Å²) in [7, 11) is 0. The number of ether oxygens (including phenoxy) is 2. The Bertz CT molecular complexity index is 653. The number of carbonyl (C=O) groups is 1. The van der Waals surface area contributed by atoms with Gasteiger partial charge < -0.3 is 14.9 Å². The molecule has 5 nitrogen and oxygen atoms in total. The number of fused-ring (bicyclic) bond motifs is 3. The Morgan fingerprint density at radius 3 is 2.82 bits per heavy atom. The van der Waals surface area contributed by atoms with Gasteiger partial charge in [-0.1, -0.05) is 0 Å². The van der Waals surface area contributed by atoms with E-state index in [0.29, 0.717) is 17.1 Å². The molecule has 1 aromatic carbocycles. The van der Waals surface area contributed by atoms with Gasteiger partial charge in [-0.3, -0.25) is 10.2 Å². The number of carbonyl (C=O) groups excluding carboxylic acids is 1. The molecule has 1 amide bonds. The van der Waals surface area contributed by atoms with E-state index in [1.807, 2.05) is 0 Å². The van der Waals surface area contributed by atoms with Gasteiger partial charge in [0.2, 0.25) is 6.79 Å². The summed E-state index contributed by atoms with van der Waals surface area (Å²) < 4.78 is 10.5. The number of allylic oxidation sites excluding steroid dienone is 2. The standard InChI is InChI=1S/C17H20N2O3/c1-10(14-7-11-2-3-12(14)6-11)18-19-17(20)13-4-5-15-16(8-13)22-9-21-15/h4-5,8,11-12,18H,2-3,6-7,9H2,1H3,(H,19,20)/b14-10+/t11-,12-/m0/s1. The Balaban J connectivity index is 1.41. The first kappa shape index (κ1) is 13.5. The highest BCUT2D eigenvalue weighted by molar-refractivity contribution is 5.94. The highest BCUT2D eigenvalue weighted by atomic mass is 16.7. The van der Waals surface area contributed by atoms with Crippen molar-refractivity contribution in [1.82, 2.24) is 10.9 Å². The Kier molecular flexibility index (Phi) is 3.21. The molecule has 2 aliphatic carbocycles. The van der Waals surface area contributed by atoms with Crippen molar-refractivity contribution >= 4 is 5.91 Å². The lowest BCUT2D eigenvalue weighted by molar-refractivity contribution is 0.0938. The molecule has 0 spiro atoms. The Morgan fingerprint density at radius 2 is 2.05 bits per heavy atom. The van der Waals surface area contributed by atoms with Crippen molar-refractivity contribution < 1.29 is 14.3 Å². The summed E-state index contributed by atoms with van der Waals surface area (Å²) in [6, 6.07) is 5.21. The zero-order valence-corrected chi connectivity index (χ0v) is 12.6. The van der Waals surface area contributed by atoms with Crippen LogP contribution >= 0.6 is 0 Å². The maximum Gasteiger partial charge on any atom is 0.269 e. The van der Waals surface area contributed by atoms with Crippen LogP contribution in [0.1, 0.15) is 43.0 Å². The quantitative estimate of drug-likeness (QED) is 0.843. The van der Waals surface area contributed by atoms with Gasteiger partial charge in [-0.25, -0.2) is 0 Å². The van der Waals surface area contributed by atoms with Crippen LogP contribution in [-0.2, 0) is 0 Å². The third-order valence-corrected chi connectivity index (χ3v) is 5.02. The summed E-state index contributed by atoms with van der Waals surface area (Å²) >= 11 is 0. The van der Waals surface area contributed by atoms with Crippen LogP contribution in [0.15, 0.2) is 29.5 Å². The van der Waals surface area contributed by atoms with Crippen molar-refractivity contribution in [2.45, 2.75) is 32.6 Å². The highest BCUT2D eigenvalue weighted by Crippen LogP contribution is 2.48. The van der Waals surface area contributed by atoms with Crippen molar-refractivity contribution in [2.75, 3.05) is 6.79 Å². The maximum atomic E-state index is 12.2. The molecule has 2 saturated carbocycles. The Hall–Kier alpha value is -2.17. The van der Waals surface area contributed by atoms with E-state index >= 15 is 0 Å². The van der Waals surface area contributed by atoms with Crippen LogP contribution in [0.2, 0.25) is 0 Å². The minimum absolute atomic E-state index is 0.165. The van der Waals surface area contributed by atoms with Crippen LogP contribution < -0.4 is 20.3 Å². The van der Waals surface area contributed by atoms with Gasteiger partial charge in [0, 0.05) is 11.3 Å². The van der Waals surface area contributed by atoms with Gasteiger partial charge in [-0.15, -0.1) is 0 Å². The summed E-state index contributed by atoms with van der Waals surface area (Å²) in [6.07, 6.45) is 5.17. The predicted octanol–water partition coefficient (Wildman–Crippen LogP) is 2.74. The monoisotopic (exact) mass is 300 g/mol. The average Bonchev–Trinajstić information content (AvgIpc) is 3.26. The summed E-state index contributed by atoms with van der Waals surface area (Å²) in [5, 5.41) is 0. The van der Waals surface area contributed by atoms with Crippen LogP contribution in [-0.4, -0.2) is 12.7 Å². The molecule has 4 rings (SSSR count). The molecule has 22 heavy (non-hydrogen) atoms. The van der Waals surface area contributed by atoms with Gasteiger partial charge in [0.15, 0.2) is 11.5 Å². The van der Waals surface area contributed by atoms with Gasteiger partial charge in [0.05, 0.1) is 0 Å². The van der Waals surface area contributed by atoms with Crippen LogP contribution in [0.4, 0.5) is 0 Å². The molecule has 116 valence electrons. The van der Waals surface area contributed by atoms with Crippen LogP contribution in [0.5, 0.6) is 11.5 Å². The summed E-state index contributed by atoms with van der Waals surface area (Å²) in [5.41, 5.74) is 9.01. The fraction of sp³-hybridized carbons (Fsp3) is 0.471. The normalized spacial score (nSPS) is 27.0. The molecular formula is C17H20N2O3. The van der Waals surface area contributed by atoms with E-state index in [1.54, 1.807) is 18.2 Å². The van der Waals surface area contributed by atoms with Crippen LogP contribution in [0.25, 0.3) is 0 Å². The zero-order valence-electron chi connectivity index (χ0n) is 12.6. The number of hydrogen-bond acceptors (Lipinski definition) is 4. The molecular weight excluding hydrogens is 280 g/mol. The van der Waals surface area contributed by atoms with E-state index in [-0.39, 0.29) is 12.7 Å². The van der Waals surface area contributed by atoms with E-state index in [0.717, 1.165) is 17.5 Å². The van der Waals surface area contributed by atoms with Crippen molar-refractivity contribution in [1.29, 1.82) is 0 Å². The maximum absolute atomic E-state index is 12.2. The first-order valence-corrected chi connectivity index (χ1v) is 7.86. The fourth-order valence-electron chi connectivity index (χ4n) is 3.85. The molecule has 1 heterocycles. The number of benzene rings is 1. The first-order chi connectivity index (χ1) is 10.7. The SMILES string of the molecule is C/C(NNC(=O)c1ccc2c(c1)OCO2)=C1/C[C@H]2CC[C@H]1C2. The summed E-state index contributed by atoms with van der Waals surface area (Å²) in [4.78, 5) is 12.2. The lowest BCUT2D eigenvalue weighted by Crippen LogP contribution is -2.36. The van der Waals surface area contributed by atoms with Crippen LogP contribution in [0.3, 0.4) is 0 Å². The summed E-state index contributed by atoms with van der Waals surface area (Å²) in [5.74, 6) is 2.73. The van der Waals surface area contributed by atoms with Crippen molar-refractivity contribution in [3.63, 3.8) is 0 Å². The second-order valence-corrected chi connectivity index (χ2v) is 6.38. The molecule has 0 unspecified atom stereocenters. The second kappa shape index (κ2) is 5.23. The molecule has 0 aromatic heterocycles. The number of amides is 1. The lowest BCUT2D eigenvalue weighted by Gasteiger charge is -2.18. The molecule has 2 fully saturated rings. The number of hydrogen-bond donors (Lipinski definition) is 2. The lowest BCUT2D eigenvalue weighted by atomic mass is 9.93. The third-order valence-electron chi connectivity index (χ3n) is 5.02. The Morgan fingerprint density at radius 1 is 1.18 bits per heavy atom. The highest BCUT2D eigenvalue weighted by Gasteiger charge is 2.36. The number of rotatable bonds is 3. The molecule has 0 saturated heterocycles. The van der Waals surface area contributed by atoms with Crippen LogP contribution in [0, 0.1) is 11.8 Å². The van der Waals surface area contributed by atoms with E-state index in [1.165, 1.54) is 31.3 Å². The van der Waals surface area contributed by atoms with E-state index < -0.39 is 0 Å². The molecule has 3 aliphatic rings. The fourth-order valence-corrected chi connectivity index (χ4v) is 3.85. The van der Waals surface area contributed by atoms with Crippen molar-refractivity contribution in [2.24, 2.45) is 11.8 Å². The topological polar surface area (TPSA) is 59.6 Å². The molecule has 5 heteroatoms. The minimum Gasteiger partial charge on any atom is -0.454 e. The first-order valence-electron chi connectivity index (χ1n) is 7.86. The largest absolute Gasteiger partial charge is 0.454 e. The molecule has 2 N–H and O–H groups in total. The molecule has 2 atom stereocenters. The molecule has 1 aliphatic heterocycles. The van der Waals surface area contributed by atoms with Crippen molar-refractivity contribution in [3.05, 3.63) is 35.0 Å². The van der Waals surface area contributed by atoms with Gasteiger partial charge in [-0.05, 0) is 68.2 Å². The minimum atomic E-state index is -0.165. The second-order valence-electron chi connectivity index (χ2n) is 6.38. The van der Waals surface area contributed by atoms with Gasteiger partial charge in [0.1, 0.15) is 0 Å².